The lowest BCUT2D eigenvalue weighted by Gasteiger charge is -2.22. The van der Waals surface area contributed by atoms with Crippen molar-refractivity contribution >= 4 is 0 Å². The van der Waals surface area contributed by atoms with Crippen LogP contribution in [0.1, 0.15) is 51.2 Å². The first-order valence-electron chi connectivity index (χ1n) is 7.27. The van der Waals surface area contributed by atoms with Crippen molar-refractivity contribution in [3.63, 3.8) is 0 Å². The molecule has 1 fully saturated rings. The summed E-state index contributed by atoms with van der Waals surface area (Å²) in [7, 11) is 0. The molecule has 0 spiro atoms. The number of hydrogen-bond acceptors (Lipinski definition) is 1. The Hall–Kier alpha value is -0.820. The number of rotatable bonds is 4. The fourth-order valence-electron chi connectivity index (χ4n) is 3.21. The first-order valence-corrected chi connectivity index (χ1v) is 7.27. The zero-order valence-electron chi connectivity index (χ0n) is 12.3. The number of benzene rings is 1. The largest absolute Gasteiger partial charge is 0.311 e. The second-order valence-corrected chi connectivity index (χ2v) is 6.80. The Kier molecular flexibility index (Phi) is 4.11. The van der Waals surface area contributed by atoms with Crippen LogP contribution < -0.4 is 5.32 Å². The molecule has 1 saturated carbocycles. The molecule has 1 N–H and O–H groups in total. The third kappa shape index (κ3) is 3.58. The lowest BCUT2D eigenvalue weighted by molar-refractivity contribution is 0.354. The Balaban J connectivity index is 1.86. The predicted molar refractivity (Wildman–Crippen MR) is 78.9 cm³/mol. The summed E-state index contributed by atoms with van der Waals surface area (Å²) in [6, 6.07) is 10.0. The molecule has 1 nitrogen and oxygen atoms in total. The predicted octanol–water partition coefficient (Wildman–Crippen LogP) is 4.09. The maximum atomic E-state index is 3.81. The van der Waals surface area contributed by atoms with Crippen LogP contribution in [0.4, 0.5) is 0 Å². The molecule has 1 aliphatic carbocycles. The summed E-state index contributed by atoms with van der Waals surface area (Å²) in [6.45, 7) is 9.31. The molecular formula is C17H27N. The van der Waals surface area contributed by atoms with Gasteiger partial charge in [0.05, 0.1) is 0 Å². The molecule has 1 heteroatoms. The maximum Gasteiger partial charge on any atom is 0.00818 e. The van der Waals surface area contributed by atoms with Gasteiger partial charge in [-0.2, -0.15) is 0 Å². The van der Waals surface area contributed by atoms with Crippen molar-refractivity contribution in [2.75, 3.05) is 0 Å². The van der Waals surface area contributed by atoms with Gasteiger partial charge in [0.25, 0.3) is 0 Å². The molecule has 0 saturated heterocycles. The van der Waals surface area contributed by atoms with Crippen molar-refractivity contribution in [3.05, 3.63) is 35.4 Å². The van der Waals surface area contributed by atoms with E-state index < -0.39 is 0 Å². The van der Waals surface area contributed by atoms with Gasteiger partial charge in [0, 0.05) is 12.1 Å². The van der Waals surface area contributed by atoms with Gasteiger partial charge >= 0.3 is 0 Å². The third-order valence-electron chi connectivity index (χ3n) is 4.28. The van der Waals surface area contributed by atoms with Crippen LogP contribution in [0, 0.1) is 12.3 Å². The average molecular weight is 245 g/mol. The number of hydrogen-bond donors (Lipinski definition) is 1. The lowest BCUT2D eigenvalue weighted by Crippen LogP contribution is -2.36. The van der Waals surface area contributed by atoms with Crippen molar-refractivity contribution in [1.82, 2.24) is 5.32 Å². The Bertz CT molecular complexity index is 394. The van der Waals surface area contributed by atoms with Gasteiger partial charge in [-0.3, -0.25) is 0 Å². The van der Waals surface area contributed by atoms with Crippen LogP contribution in [0.15, 0.2) is 24.3 Å². The van der Waals surface area contributed by atoms with Gasteiger partial charge in [-0.1, -0.05) is 38.1 Å². The second-order valence-electron chi connectivity index (χ2n) is 6.80. The van der Waals surface area contributed by atoms with E-state index in [4.69, 9.17) is 0 Å². The normalized spacial score (nSPS) is 24.1. The topological polar surface area (TPSA) is 12.0 Å². The first kappa shape index (κ1) is 13.6. The average Bonchev–Trinajstić information content (AvgIpc) is 2.61. The molecule has 0 bridgehead atoms. The lowest BCUT2D eigenvalue weighted by atomic mass is 9.91. The third-order valence-corrected chi connectivity index (χ3v) is 4.28. The van der Waals surface area contributed by atoms with Crippen LogP contribution in [-0.4, -0.2) is 12.1 Å². The highest BCUT2D eigenvalue weighted by atomic mass is 15.0. The highest BCUT2D eigenvalue weighted by molar-refractivity contribution is 5.26. The van der Waals surface area contributed by atoms with Crippen LogP contribution >= 0.6 is 0 Å². The van der Waals surface area contributed by atoms with Gasteiger partial charge in [0.2, 0.25) is 0 Å². The fraction of sp³-hybridized carbons (Fsp3) is 0.647. The van der Waals surface area contributed by atoms with E-state index in [9.17, 15) is 0 Å². The Morgan fingerprint density at radius 2 is 2.06 bits per heavy atom. The monoisotopic (exact) mass is 245 g/mol. The molecule has 2 atom stereocenters. The number of aryl methyl sites for hydroxylation is 1. The van der Waals surface area contributed by atoms with Crippen LogP contribution in [0.3, 0.4) is 0 Å². The van der Waals surface area contributed by atoms with E-state index in [0.29, 0.717) is 11.5 Å². The van der Waals surface area contributed by atoms with Gasteiger partial charge in [-0.25, -0.2) is 0 Å². The van der Waals surface area contributed by atoms with E-state index >= 15 is 0 Å². The summed E-state index contributed by atoms with van der Waals surface area (Å²) in [5, 5.41) is 3.81. The van der Waals surface area contributed by atoms with E-state index in [0.717, 1.165) is 12.5 Å². The minimum atomic E-state index is 0.542. The van der Waals surface area contributed by atoms with Crippen LogP contribution in [0.5, 0.6) is 0 Å². The SMILES string of the molecule is Cc1ccccc1CC(C)NC1CCC(C)(C)C1. The minimum Gasteiger partial charge on any atom is -0.311 e. The molecule has 1 aromatic rings. The molecule has 0 heterocycles. The van der Waals surface area contributed by atoms with Crippen LogP contribution in [0.2, 0.25) is 0 Å². The van der Waals surface area contributed by atoms with E-state index in [1.807, 2.05) is 0 Å². The summed E-state index contributed by atoms with van der Waals surface area (Å²) in [4.78, 5) is 0. The highest BCUT2D eigenvalue weighted by Crippen LogP contribution is 2.37. The molecule has 1 aliphatic rings. The van der Waals surface area contributed by atoms with E-state index in [1.54, 1.807) is 0 Å². The van der Waals surface area contributed by atoms with E-state index in [1.165, 1.54) is 30.4 Å². The molecule has 18 heavy (non-hydrogen) atoms. The van der Waals surface area contributed by atoms with Crippen molar-refractivity contribution < 1.29 is 0 Å². The van der Waals surface area contributed by atoms with Gasteiger partial charge in [-0.15, -0.1) is 0 Å². The quantitative estimate of drug-likeness (QED) is 0.842. The van der Waals surface area contributed by atoms with Crippen molar-refractivity contribution in [2.45, 2.75) is 65.5 Å². The smallest absolute Gasteiger partial charge is 0.00818 e. The zero-order chi connectivity index (χ0) is 13.2. The van der Waals surface area contributed by atoms with Gasteiger partial charge < -0.3 is 5.32 Å². The van der Waals surface area contributed by atoms with Crippen molar-refractivity contribution in [2.24, 2.45) is 5.41 Å². The molecule has 0 amide bonds. The summed E-state index contributed by atoms with van der Waals surface area (Å²) in [5.74, 6) is 0. The van der Waals surface area contributed by atoms with Gasteiger partial charge in [-0.05, 0) is 56.1 Å². The summed E-state index contributed by atoms with van der Waals surface area (Å²) < 4.78 is 0. The second kappa shape index (κ2) is 5.44. The summed E-state index contributed by atoms with van der Waals surface area (Å²) in [5.41, 5.74) is 3.44. The van der Waals surface area contributed by atoms with Crippen molar-refractivity contribution in [3.8, 4) is 0 Å². The Labute approximate surface area is 112 Å². The summed E-state index contributed by atoms with van der Waals surface area (Å²) >= 11 is 0. The van der Waals surface area contributed by atoms with Crippen LogP contribution in [-0.2, 0) is 6.42 Å². The molecule has 1 aromatic carbocycles. The molecule has 0 aromatic heterocycles. The molecule has 0 aliphatic heterocycles. The molecule has 2 unspecified atom stereocenters. The molecular weight excluding hydrogens is 218 g/mol. The first-order chi connectivity index (χ1) is 8.46. The molecule has 2 rings (SSSR count). The minimum absolute atomic E-state index is 0.542. The van der Waals surface area contributed by atoms with Crippen molar-refractivity contribution in [1.29, 1.82) is 0 Å². The standard InChI is InChI=1S/C17H27N/c1-13-7-5-6-8-15(13)11-14(2)18-16-9-10-17(3,4)12-16/h5-8,14,16,18H,9-12H2,1-4H3. The molecule has 100 valence electrons. The molecule has 0 radical (unpaired) electrons. The Morgan fingerprint density at radius 3 is 2.67 bits per heavy atom. The highest BCUT2D eigenvalue weighted by Gasteiger charge is 2.31. The van der Waals surface area contributed by atoms with E-state index in [-0.39, 0.29) is 0 Å². The Morgan fingerprint density at radius 1 is 1.33 bits per heavy atom. The summed E-state index contributed by atoms with van der Waals surface area (Å²) in [6.07, 6.45) is 5.17. The van der Waals surface area contributed by atoms with E-state index in [2.05, 4.69) is 57.3 Å². The van der Waals surface area contributed by atoms with Gasteiger partial charge in [0.1, 0.15) is 0 Å². The fourth-order valence-corrected chi connectivity index (χ4v) is 3.21. The van der Waals surface area contributed by atoms with Crippen LogP contribution in [0.25, 0.3) is 0 Å². The number of nitrogens with one attached hydrogen (secondary N) is 1. The zero-order valence-corrected chi connectivity index (χ0v) is 12.3. The van der Waals surface area contributed by atoms with Gasteiger partial charge in [0.15, 0.2) is 0 Å². The maximum absolute atomic E-state index is 3.81.